The number of halogens is 1. The number of benzene rings is 1. The third-order valence-corrected chi connectivity index (χ3v) is 4.14. The van der Waals surface area contributed by atoms with E-state index in [0.717, 1.165) is 49.1 Å². The second-order valence-electron chi connectivity index (χ2n) is 6.32. The maximum atomic E-state index is 5.74. The first-order chi connectivity index (χ1) is 13.7. The van der Waals surface area contributed by atoms with Gasteiger partial charge in [-0.05, 0) is 57.9 Å². The number of nitrogens with zero attached hydrogens (tertiary/aromatic N) is 3. The van der Waals surface area contributed by atoms with Crippen molar-refractivity contribution < 1.29 is 9.47 Å². The summed E-state index contributed by atoms with van der Waals surface area (Å²) in [6.07, 6.45) is 4.70. The van der Waals surface area contributed by atoms with Crippen LogP contribution < -0.4 is 20.1 Å². The van der Waals surface area contributed by atoms with Gasteiger partial charge in [-0.25, -0.2) is 0 Å². The highest BCUT2D eigenvalue weighted by molar-refractivity contribution is 14.0. The second kappa shape index (κ2) is 14.1. The number of ether oxygens (including phenoxy) is 2. The van der Waals surface area contributed by atoms with E-state index in [1.807, 2.05) is 42.9 Å². The predicted molar refractivity (Wildman–Crippen MR) is 129 cm³/mol. The Morgan fingerprint density at radius 1 is 1.17 bits per heavy atom. The minimum atomic E-state index is 0. The number of aliphatic imine (C=N–C) groups is 1. The van der Waals surface area contributed by atoms with Crippen molar-refractivity contribution in [3.63, 3.8) is 0 Å². The Morgan fingerprint density at radius 3 is 2.59 bits per heavy atom. The number of nitrogens with one attached hydrogen (secondary N) is 2. The first-order valence-corrected chi connectivity index (χ1v) is 10.1. The van der Waals surface area contributed by atoms with Gasteiger partial charge in [0.2, 0.25) is 0 Å². The normalized spacial score (nSPS) is 12.1. The molecule has 1 aromatic heterocycles. The summed E-state index contributed by atoms with van der Waals surface area (Å²) in [4.78, 5) is 4.68. The maximum Gasteiger partial charge on any atom is 0.191 e. The zero-order chi connectivity index (χ0) is 20.2. The zero-order valence-corrected chi connectivity index (χ0v) is 20.2. The maximum absolute atomic E-state index is 5.74. The second-order valence-corrected chi connectivity index (χ2v) is 6.32. The third kappa shape index (κ3) is 8.51. The van der Waals surface area contributed by atoms with E-state index in [2.05, 4.69) is 40.6 Å². The van der Waals surface area contributed by atoms with Gasteiger partial charge in [-0.15, -0.1) is 24.0 Å². The Kier molecular flexibility index (Phi) is 12.2. The first-order valence-electron chi connectivity index (χ1n) is 10.1. The molecule has 2 N–H and O–H groups in total. The molecule has 0 amide bonds. The van der Waals surface area contributed by atoms with Crippen LogP contribution in [0.2, 0.25) is 0 Å². The fourth-order valence-electron chi connectivity index (χ4n) is 2.80. The van der Waals surface area contributed by atoms with Crippen LogP contribution in [-0.4, -0.2) is 42.0 Å². The molecular weight excluding hydrogens is 481 g/mol. The standard InChI is InChI=1S/C21H33N5O2.HI/c1-5-22-21(23-12-8-14-26-15-9-13-24-26)25-17(4)18-10-11-19(27-6-2)20(16-18)28-7-3;/h9-11,13,15-17H,5-8,12,14H2,1-4H3,(H2,22,23,25);1H. The van der Waals surface area contributed by atoms with Crippen LogP contribution in [0, 0.1) is 0 Å². The van der Waals surface area contributed by atoms with Crippen molar-refractivity contribution in [2.45, 2.75) is 46.7 Å². The van der Waals surface area contributed by atoms with Crippen molar-refractivity contribution in [3.05, 3.63) is 42.2 Å². The van der Waals surface area contributed by atoms with E-state index in [1.54, 1.807) is 6.20 Å². The van der Waals surface area contributed by atoms with E-state index in [4.69, 9.17) is 9.47 Å². The Hall–Kier alpha value is -1.97. The van der Waals surface area contributed by atoms with E-state index >= 15 is 0 Å². The van der Waals surface area contributed by atoms with Crippen LogP contribution in [-0.2, 0) is 6.54 Å². The molecule has 0 bridgehead atoms. The van der Waals surface area contributed by atoms with Crippen LogP contribution in [0.1, 0.15) is 45.7 Å². The van der Waals surface area contributed by atoms with Gasteiger partial charge in [0.05, 0.1) is 19.3 Å². The number of rotatable bonds is 11. The summed E-state index contributed by atoms with van der Waals surface area (Å²) < 4.78 is 13.3. The summed E-state index contributed by atoms with van der Waals surface area (Å²) in [6, 6.07) is 8.08. The Bertz CT molecular complexity index is 722. The quantitative estimate of drug-likeness (QED) is 0.205. The molecule has 1 heterocycles. The summed E-state index contributed by atoms with van der Waals surface area (Å²) in [5.41, 5.74) is 1.12. The molecule has 1 atom stereocenters. The van der Waals surface area contributed by atoms with Crippen LogP contribution in [0.25, 0.3) is 0 Å². The molecule has 0 fully saturated rings. The monoisotopic (exact) mass is 515 g/mol. The van der Waals surface area contributed by atoms with Crippen molar-refractivity contribution >= 4 is 29.9 Å². The van der Waals surface area contributed by atoms with Crippen molar-refractivity contribution in [1.82, 2.24) is 20.4 Å². The molecule has 2 rings (SSSR count). The third-order valence-electron chi connectivity index (χ3n) is 4.14. The molecule has 0 saturated heterocycles. The average Bonchev–Trinajstić information content (AvgIpc) is 3.20. The van der Waals surface area contributed by atoms with Crippen LogP contribution in [0.3, 0.4) is 0 Å². The van der Waals surface area contributed by atoms with Crippen molar-refractivity contribution in [2.24, 2.45) is 4.99 Å². The highest BCUT2D eigenvalue weighted by Gasteiger charge is 2.12. The van der Waals surface area contributed by atoms with Gasteiger partial charge in [0.25, 0.3) is 0 Å². The molecule has 29 heavy (non-hydrogen) atoms. The lowest BCUT2D eigenvalue weighted by Crippen LogP contribution is -2.38. The van der Waals surface area contributed by atoms with Crippen LogP contribution in [0.4, 0.5) is 0 Å². The van der Waals surface area contributed by atoms with Gasteiger partial charge in [0, 0.05) is 32.0 Å². The number of hydrogen-bond acceptors (Lipinski definition) is 4. The lowest BCUT2D eigenvalue weighted by Gasteiger charge is -2.20. The van der Waals surface area contributed by atoms with Gasteiger partial charge in [-0.1, -0.05) is 6.07 Å². The van der Waals surface area contributed by atoms with Gasteiger partial charge < -0.3 is 20.1 Å². The Labute approximate surface area is 191 Å². The summed E-state index contributed by atoms with van der Waals surface area (Å²) in [6.45, 7) is 11.7. The van der Waals surface area contributed by atoms with E-state index < -0.39 is 0 Å². The molecule has 0 spiro atoms. The van der Waals surface area contributed by atoms with Crippen LogP contribution in [0.5, 0.6) is 11.5 Å². The van der Waals surface area contributed by atoms with Gasteiger partial charge in [-0.3, -0.25) is 9.67 Å². The molecule has 2 aromatic rings. The average molecular weight is 515 g/mol. The van der Waals surface area contributed by atoms with Crippen molar-refractivity contribution in [1.29, 1.82) is 0 Å². The van der Waals surface area contributed by atoms with Gasteiger partial charge in [-0.2, -0.15) is 5.10 Å². The molecular formula is C21H34IN5O2. The predicted octanol–water partition coefficient (Wildman–Crippen LogP) is 4.00. The van der Waals surface area contributed by atoms with E-state index in [1.165, 1.54) is 0 Å². The molecule has 0 saturated carbocycles. The molecule has 0 aliphatic heterocycles. The molecule has 1 aromatic carbocycles. The lowest BCUT2D eigenvalue weighted by molar-refractivity contribution is 0.287. The van der Waals surface area contributed by atoms with E-state index in [0.29, 0.717) is 13.2 Å². The van der Waals surface area contributed by atoms with Gasteiger partial charge in [0.1, 0.15) is 0 Å². The minimum Gasteiger partial charge on any atom is -0.490 e. The molecule has 0 aliphatic rings. The highest BCUT2D eigenvalue weighted by atomic mass is 127. The lowest BCUT2D eigenvalue weighted by atomic mass is 10.1. The van der Waals surface area contributed by atoms with E-state index in [9.17, 15) is 0 Å². The number of aryl methyl sites for hydroxylation is 1. The minimum absolute atomic E-state index is 0. The summed E-state index contributed by atoms with van der Waals surface area (Å²) in [5.74, 6) is 2.36. The first kappa shape index (κ1) is 25.1. The summed E-state index contributed by atoms with van der Waals surface area (Å²) >= 11 is 0. The fourth-order valence-corrected chi connectivity index (χ4v) is 2.80. The van der Waals surface area contributed by atoms with E-state index in [-0.39, 0.29) is 30.0 Å². The molecule has 1 unspecified atom stereocenters. The molecule has 0 aliphatic carbocycles. The SMILES string of the molecule is CCNC(=NCCCn1cccn1)NC(C)c1ccc(OCC)c(OCC)c1.I. The fraction of sp³-hybridized carbons (Fsp3) is 0.524. The van der Waals surface area contributed by atoms with Crippen LogP contribution >= 0.6 is 24.0 Å². The highest BCUT2D eigenvalue weighted by Crippen LogP contribution is 2.30. The molecule has 8 heteroatoms. The topological polar surface area (TPSA) is 72.7 Å². The molecule has 0 radical (unpaired) electrons. The van der Waals surface area contributed by atoms with Crippen molar-refractivity contribution in [2.75, 3.05) is 26.3 Å². The van der Waals surface area contributed by atoms with Crippen LogP contribution in [0.15, 0.2) is 41.7 Å². The zero-order valence-electron chi connectivity index (χ0n) is 17.9. The molecule has 7 nitrogen and oxygen atoms in total. The smallest absolute Gasteiger partial charge is 0.191 e. The Morgan fingerprint density at radius 2 is 1.93 bits per heavy atom. The van der Waals surface area contributed by atoms with Crippen molar-refractivity contribution in [3.8, 4) is 11.5 Å². The number of guanidine groups is 1. The summed E-state index contributed by atoms with van der Waals surface area (Å²) in [7, 11) is 0. The largest absolute Gasteiger partial charge is 0.490 e. The number of hydrogen-bond donors (Lipinski definition) is 2. The summed E-state index contributed by atoms with van der Waals surface area (Å²) in [5, 5.41) is 11.0. The van der Waals surface area contributed by atoms with Gasteiger partial charge >= 0.3 is 0 Å². The number of aromatic nitrogens is 2. The Balaban J connectivity index is 0.00000420. The molecule has 162 valence electrons. The van der Waals surface area contributed by atoms with Gasteiger partial charge in [0.15, 0.2) is 17.5 Å².